The van der Waals surface area contributed by atoms with E-state index in [2.05, 4.69) is 25.3 Å². The zero-order chi connectivity index (χ0) is 41.9. The third-order valence-electron chi connectivity index (χ3n) is 10.2. The number of alkyl halides is 2. The molecule has 1 fully saturated rings. The van der Waals surface area contributed by atoms with E-state index in [1.165, 1.54) is 24.9 Å². The highest BCUT2D eigenvalue weighted by molar-refractivity contribution is 7.53. The van der Waals surface area contributed by atoms with Crippen molar-refractivity contribution in [1.82, 2.24) is 24.5 Å². The summed E-state index contributed by atoms with van der Waals surface area (Å²) in [5, 5.41) is 13.4. The highest BCUT2D eigenvalue weighted by Gasteiger charge is 2.43. The van der Waals surface area contributed by atoms with E-state index in [-0.39, 0.29) is 61.6 Å². The maximum absolute atomic E-state index is 15.0. The second-order valence-corrected chi connectivity index (χ2v) is 16.8. The van der Waals surface area contributed by atoms with Gasteiger partial charge in [-0.25, -0.2) is 36.9 Å². The molecule has 310 valence electrons. The van der Waals surface area contributed by atoms with Crippen molar-refractivity contribution in [1.29, 1.82) is 0 Å². The summed E-state index contributed by atoms with van der Waals surface area (Å²) in [6.07, 6.45) is -0.835. The lowest BCUT2D eigenvalue weighted by Crippen LogP contribution is -2.63. The Kier molecular flexibility index (Phi) is 12.4. The molecule has 0 radical (unpaired) electrons. The van der Waals surface area contributed by atoms with Crippen LogP contribution in [-0.4, -0.2) is 67.1 Å². The van der Waals surface area contributed by atoms with E-state index in [4.69, 9.17) is 14.8 Å². The number of fused-ring (bicyclic) bond motifs is 1. The minimum Gasteiger partial charge on any atom is -0.385 e. The zero-order valence-corrected chi connectivity index (χ0v) is 33.1. The van der Waals surface area contributed by atoms with Crippen molar-refractivity contribution >= 4 is 30.3 Å². The van der Waals surface area contributed by atoms with Gasteiger partial charge in [0.05, 0.1) is 49.2 Å². The SMILES string of the molecule is Cc1cccc(COP(=O)(CNc2ncnc3c2ncn3Cc2cc(-c3cc(F)c(F)cc3F)ncc2N2CCC[C@](N)([C@@H](O)C(F)F)C2)OCc2cccc(C)c2)c1. The Labute approximate surface area is 336 Å². The van der Waals surface area contributed by atoms with Crippen molar-refractivity contribution in [3.8, 4) is 11.3 Å². The molecule has 7 rings (SSSR count). The Bertz CT molecular complexity index is 2460. The Hall–Kier alpha value is -5.32. The van der Waals surface area contributed by atoms with Crippen LogP contribution in [0.1, 0.15) is 40.7 Å². The third-order valence-corrected chi connectivity index (χ3v) is 11.8. The lowest BCUT2D eigenvalue weighted by atomic mass is 9.84. The predicted octanol–water partition coefficient (Wildman–Crippen LogP) is 7.89. The average Bonchev–Trinajstić information content (AvgIpc) is 3.62. The van der Waals surface area contributed by atoms with E-state index in [0.717, 1.165) is 22.3 Å². The number of nitrogens with zero attached hydrogens (tertiary/aromatic N) is 6. The van der Waals surface area contributed by atoms with Crippen molar-refractivity contribution in [3.05, 3.63) is 131 Å². The molecule has 0 saturated carbocycles. The summed E-state index contributed by atoms with van der Waals surface area (Å²) >= 11 is 0. The maximum Gasteiger partial charge on any atom is 0.350 e. The fraction of sp³-hybridized carbons (Fsp3) is 0.317. The number of hydrogen-bond donors (Lipinski definition) is 3. The van der Waals surface area contributed by atoms with Crippen LogP contribution >= 0.6 is 7.60 Å². The van der Waals surface area contributed by atoms with E-state index in [9.17, 15) is 27.2 Å². The van der Waals surface area contributed by atoms with Crippen molar-refractivity contribution in [2.45, 2.75) is 64.5 Å². The largest absolute Gasteiger partial charge is 0.385 e. The second-order valence-electron chi connectivity index (χ2n) is 14.7. The molecule has 0 aliphatic carbocycles. The van der Waals surface area contributed by atoms with Gasteiger partial charge in [-0.3, -0.25) is 9.55 Å². The monoisotopic (exact) mass is 836 g/mol. The van der Waals surface area contributed by atoms with E-state index in [1.54, 1.807) is 9.47 Å². The van der Waals surface area contributed by atoms with Crippen LogP contribution in [0.4, 0.5) is 33.5 Å². The normalized spacial score (nSPS) is 16.5. The van der Waals surface area contributed by atoms with Gasteiger partial charge in [-0.2, -0.15) is 0 Å². The molecule has 1 aliphatic rings. The first-order chi connectivity index (χ1) is 28.2. The Morgan fingerprint density at radius 2 is 1.59 bits per heavy atom. The summed E-state index contributed by atoms with van der Waals surface area (Å²) in [6, 6.07) is 17.8. The lowest BCUT2D eigenvalue weighted by Gasteiger charge is -2.44. The fourth-order valence-corrected chi connectivity index (χ4v) is 8.43. The molecule has 1 aliphatic heterocycles. The van der Waals surface area contributed by atoms with Gasteiger partial charge in [-0.1, -0.05) is 59.7 Å². The molecule has 0 bridgehead atoms. The maximum atomic E-state index is 15.0. The summed E-state index contributed by atoms with van der Waals surface area (Å²) in [7, 11) is -3.84. The van der Waals surface area contributed by atoms with Crippen molar-refractivity contribution in [3.63, 3.8) is 0 Å². The quantitative estimate of drug-likeness (QED) is 0.0526. The van der Waals surface area contributed by atoms with Crippen LogP contribution in [-0.2, 0) is 33.4 Å². The van der Waals surface area contributed by atoms with Gasteiger partial charge in [-0.15, -0.1) is 0 Å². The molecule has 0 spiro atoms. The summed E-state index contributed by atoms with van der Waals surface area (Å²) in [5.74, 6) is -3.47. The van der Waals surface area contributed by atoms with E-state index >= 15 is 4.39 Å². The van der Waals surface area contributed by atoms with Crippen LogP contribution < -0.4 is 16.0 Å². The molecule has 3 aromatic heterocycles. The van der Waals surface area contributed by atoms with Gasteiger partial charge in [0, 0.05) is 24.7 Å². The van der Waals surface area contributed by atoms with E-state index in [1.807, 2.05) is 62.4 Å². The number of aliphatic hydroxyl groups is 1. The smallest absolute Gasteiger partial charge is 0.350 e. The highest BCUT2D eigenvalue weighted by Crippen LogP contribution is 2.49. The number of hydrogen-bond acceptors (Lipinski definition) is 11. The number of aliphatic hydroxyl groups excluding tert-OH is 1. The van der Waals surface area contributed by atoms with Crippen molar-refractivity contribution in [2.24, 2.45) is 5.73 Å². The standard InChI is InChI=1S/C41H42F5N8O4P/c1-25-6-3-8-27(12-25)19-57-59(56,58-20-28-9-4-7-26(2)13-28)24-52-39-36-40(50-22-49-39)54(23-51-36)18-29-14-34(30-15-32(43)33(44)16-31(30)42)48-17-35(29)53-11-5-10-41(47,21-53)37(55)38(45)46/h3-4,6-9,12-17,22-23,37-38,55H,5,10-11,18-21,24,47H2,1-2H3,(H,49,50,52)/t37-,41+/m0/s1. The number of nitrogens with one attached hydrogen (secondary N) is 1. The van der Waals surface area contributed by atoms with Gasteiger partial charge in [0.15, 0.2) is 23.1 Å². The summed E-state index contributed by atoms with van der Waals surface area (Å²) in [6.45, 7) is 4.13. The molecule has 3 aromatic carbocycles. The molecule has 59 heavy (non-hydrogen) atoms. The van der Waals surface area contributed by atoms with Gasteiger partial charge in [-0.05, 0) is 55.5 Å². The highest BCUT2D eigenvalue weighted by atomic mass is 31.2. The number of aromatic nitrogens is 5. The number of anilines is 2. The molecule has 4 N–H and O–H groups in total. The molecule has 0 unspecified atom stereocenters. The fourth-order valence-electron chi connectivity index (χ4n) is 7.14. The number of halogens is 5. The lowest BCUT2D eigenvalue weighted by molar-refractivity contribution is -0.0529. The molecule has 2 atom stereocenters. The van der Waals surface area contributed by atoms with Crippen LogP contribution in [0.2, 0.25) is 0 Å². The van der Waals surface area contributed by atoms with Crippen LogP contribution in [0.15, 0.2) is 85.6 Å². The van der Waals surface area contributed by atoms with Crippen molar-refractivity contribution < 1.29 is 40.7 Å². The van der Waals surface area contributed by atoms with E-state index in [0.29, 0.717) is 42.0 Å². The number of rotatable bonds is 15. The number of imidazole rings is 1. The summed E-state index contributed by atoms with van der Waals surface area (Å²) in [5.41, 5.74) is 9.48. The number of nitrogens with two attached hydrogens (primary N) is 1. The Morgan fingerprint density at radius 1 is 0.915 bits per heavy atom. The topological polar surface area (TPSA) is 154 Å². The Morgan fingerprint density at radius 3 is 2.25 bits per heavy atom. The second kappa shape index (κ2) is 17.5. The first-order valence-corrected chi connectivity index (χ1v) is 20.5. The molecular weight excluding hydrogens is 794 g/mol. The molecule has 1 saturated heterocycles. The number of piperidine rings is 1. The van der Waals surface area contributed by atoms with E-state index < -0.39 is 43.1 Å². The van der Waals surface area contributed by atoms with Crippen LogP contribution in [0.25, 0.3) is 22.4 Å². The number of aryl methyl sites for hydroxylation is 2. The molecule has 4 heterocycles. The molecule has 18 heteroatoms. The first-order valence-electron chi connectivity index (χ1n) is 18.7. The predicted molar refractivity (Wildman–Crippen MR) is 212 cm³/mol. The summed E-state index contributed by atoms with van der Waals surface area (Å²) in [4.78, 5) is 19.4. The molecular formula is C41H42F5N8O4P. The minimum absolute atomic E-state index is 0.00766. The van der Waals surface area contributed by atoms with Gasteiger partial charge in [0.25, 0.3) is 6.43 Å². The third kappa shape index (κ3) is 9.61. The molecule has 6 aromatic rings. The molecule has 0 amide bonds. The van der Waals surface area contributed by atoms with Gasteiger partial charge < -0.3 is 34.7 Å². The molecule has 12 nitrogen and oxygen atoms in total. The van der Waals surface area contributed by atoms with Gasteiger partial charge >= 0.3 is 7.60 Å². The van der Waals surface area contributed by atoms with Crippen molar-refractivity contribution in [2.75, 3.05) is 29.6 Å². The van der Waals surface area contributed by atoms with Crippen LogP contribution in [0, 0.1) is 31.3 Å². The zero-order valence-electron chi connectivity index (χ0n) is 32.2. The Balaban J connectivity index is 1.19. The minimum atomic E-state index is -3.84. The van der Waals surface area contributed by atoms with Gasteiger partial charge in [0.2, 0.25) is 0 Å². The van der Waals surface area contributed by atoms with Gasteiger partial charge in [0.1, 0.15) is 30.1 Å². The van der Waals surface area contributed by atoms with Crippen LogP contribution in [0.5, 0.6) is 0 Å². The first kappa shape index (κ1) is 41.8. The average molecular weight is 837 g/mol. The number of benzene rings is 3. The van der Waals surface area contributed by atoms with Crippen LogP contribution in [0.3, 0.4) is 0 Å². The summed E-state index contributed by atoms with van der Waals surface area (Å²) < 4.78 is 98.5. The number of pyridine rings is 1.